The number of nitrogens with zero attached hydrogens (tertiary/aromatic N) is 1. The molecule has 0 saturated carbocycles. The molecule has 0 radical (unpaired) electrons. The molecule has 6 nitrogen and oxygen atoms in total. The molecule has 0 atom stereocenters. The Bertz CT molecular complexity index is 1180. The lowest BCUT2D eigenvalue weighted by Crippen LogP contribution is -2.35. The second kappa shape index (κ2) is 8.16. The minimum atomic E-state index is -3.72. The average molecular weight is 425 g/mol. The van der Waals surface area contributed by atoms with Gasteiger partial charge in [0.25, 0.3) is 10.0 Å². The zero-order valence-electron chi connectivity index (χ0n) is 16.0. The smallest absolute Gasteiger partial charge is 0.308 e. The summed E-state index contributed by atoms with van der Waals surface area (Å²) in [5.74, 6) is -0.543. The number of hydrogen-bond acceptors (Lipinski definition) is 3. The lowest BCUT2D eigenvalue weighted by molar-refractivity contribution is 0.262. The molecule has 0 bridgehead atoms. The Hall–Kier alpha value is -3.39. The number of para-hydroxylation sites is 1. The number of hydrogen-bond donors (Lipinski definition) is 2. The van der Waals surface area contributed by atoms with E-state index in [2.05, 4.69) is 10.6 Å². The monoisotopic (exact) mass is 425 g/mol. The van der Waals surface area contributed by atoms with Gasteiger partial charge in [-0.25, -0.2) is 17.6 Å². The van der Waals surface area contributed by atoms with Crippen molar-refractivity contribution in [3.05, 3.63) is 84.2 Å². The first-order valence-corrected chi connectivity index (χ1v) is 10.9. The number of urea groups is 1. The van der Waals surface area contributed by atoms with Crippen molar-refractivity contribution in [2.24, 2.45) is 0 Å². The zero-order chi connectivity index (χ0) is 21.1. The molecular formula is C22H20FN3O3S. The van der Waals surface area contributed by atoms with E-state index in [-0.39, 0.29) is 10.6 Å². The number of fused-ring (bicyclic) bond motifs is 1. The molecule has 0 spiro atoms. The van der Waals surface area contributed by atoms with E-state index >= 15 is 0 Å². The second-order valence-electron chi connectivity index (χ2n) is 6.90. The Morgan fingerprint density at radius 2 is 1.67 bits per heavy atom. The second-order valence-corrected chi connectivity index (χ2v) is 8.76. The molecule has 154 valence electrons. The van der Waals surface area contributed by atoms with Crippen molar-refractivity contribution in [2.45, 2.75) is 17.7 Å². The van der Waals surface area contributed by atoms with Crippen LogP contribution in [0.25, 0.3) is 0 Å². The van der Waals surface area contributed by atoms with Gasteiger partial charge in [-0.1, -0.05) is 36.4 Å². The van der Waals surface area contributed by atoms with Crippen molar-refractivity contribution in [3.63, 3.8) is 0 Å². The molecule has 3 aromatic carbocycles. The van der Waals surface area contributed by atoms with E-state index in [4.69, 9.17) is 0 Å². The molecule has 1 aliphatic heterocycles. The van der Waals surface area contributed by atoms with E-state index in [0.717, 1.165) is 12.0 Å². The van der Waals surface area contributed by atoms with Crippen molar-refractivity contribution in [1.29, 1.82) is 0 Å². The molecule has 0 saturated heterocycles. The van der Waals surface area contributed by atoms with Gasteiger partial charge >= 0.3 is 6.03 Å². The predicted molar refractivity (Wildman–Crippen MR) is 115 cm³/mol. The first kappa shape index (κ1) is 19.9. The number of carbonyl (C=O) groups is 1. The standard InChI is InChI=1S/C22H20FN3O3S/c23-19-10-4-5-11-20(19)25-22(27)24-17-13-12-16-7-6-14-26(21(16)15-17)30(28,29)18-8-2-1-3-9-18/h1-5,8-13,15H,6-7,14H2,(H2,24,25,27). The summed E-state index contributed by atoms with van der Waals surface area (Å²) in [6.45, 7) is 0.356. The van der Waals surface area contributed by atoms with Crippen LogP contribution in [0.15, 0.2) is 77.7 Å². The molecule has 0 aromatic heterocycles. The van der Waals surface area contributed by atoms with Crippen LogP contribution in [-0.4, -0.2) is 21.0 Å². The number of rotatable bonds is 4. The Labute approximate surface area is 174 Å². The van der Waals surface area contributed by atoms with Gasteiger partial charge < -0.3 is 10.6 Å². The third-order valence-corrected chi connectivity index (χ3v) is 6.70. The van der Waals surface area contributed by atoms with Gasteiger partial charge in [0, 0.05) is 12.2 Å². The molecule has 3 aromatic rings. The van der Waals surface area contributed by atoms with Crippen molar-refractivity contribution in [1.82, 2.24) is 0 Å². The van der Waals surface area contributed by atoms with Crippen LogP contribution in [0.3, 0.4) is 0 Å². The number of sulfonamides is 1. The average Bonchev–Trinajstić information content (AvgIpc) is 2.75. The molecule has 8 heteroatoms. The molecule has 30 heavy (non-hydrogen) atoms. The Morgan fingerprint density at radius 1 is 0.933 bits per heavy atom. The van der Waals surface area contributed by atoms with E-state index in [9.17, 15) is 17.6 Å². The van der Waals surface area contributed by atoms with E-state index in [1.165, 1.54) is 22.5 Å². The van der Waals surface area contributed by atoms with Crippen LogP contribution in [0.2, 0.25) is 0 Å². The normalized spacial score (nSPS) is 13.4. The van der Waals surface area contributed by atoms with Crippen LogP contribution >= 0.6 is 0 Å². The number of anilines is 3. The maximum absolute atomic E-state index is 13.7. The zero-order valence-corrected chi connectivity index (χ0v) is 16.8. The number of halogens is 1. The first-order chi connectivity index (χ1) is 14.4. The topological polar surface area (TPSA) is 78.5 Å². The summed E-state index contributed by atoms with van der Waals surface area (Å²) in [6, 6.07) is 18.6. The number of benzene rings is 3. The Kier molecular flexibility index (Phi) is 5.41. The molecule has 2 amide bonds. The van der Waals surface area contributed by atoms with Gasteiger partial charge in [0.2, 0.25) is 0 Å². The fourth-order valence-corrected chi connectivity index (χ4v) is 4.99. The summed E-state index contributed by atoms with van der Waals surface area (Å²) in [6.07, 6.45) is 1.46. The summed E-state index contributed by atoms with van der Waals surface area (Å²) in [7, 11) is -3.72. The summed E-state index contributed by atoms with van der Waals surface area (Å²) >= 11 is 0. The van der Waals surface area contributed by atoms with Gasteiger partial charge in [0.15, 0.2) is 0 Å². The van der Waals surface area contributed by atoms with Crippen LogP contribution in [0, 0.1) is 5.82 Å². The summed E-state index contributed by atoms with van der Waals surface area (Å²) in [4.78, 5) is 12.5. The maximum Gasteiger partial charge on any atom is 0.323 e. The summed E-state index contributed by atoms with van der Waals surface area (Å²) in [5.41, 5.74) is 1.90. The fraction of sp³-hybridized carbons (Fsp3) is 0.136. The van der Waals surface area contributed by atoms with Crippen LogP contribution in [0.4, 0.5) is 26.2 Å². The van der Waals surface area contributed by atoms with Crippen LogP contribution in [0.1, 0.15) is 12.0 Å². The predicted octanol–water partition coefficient (Wildman–Crippen LogP) is 4.61. The van der Waals surface area contributed by atoms with E-state index in [1.54, 1.807) is 54.6 Å². The van der Waals surface area contributed by atoms with E-state index < -0.39 is 21.9 Å². The molecular weight excluding hydrogens is 405 g/mol. The van der Waals surface area contributed by atoms with Crippen LogP contribution < -0.4 is 14.9 Å². The third kappa shape index (κ3) is 3.99. The number of carbonyl (C=O) groups excluding carboxylic acids is 1. The highest BCUT2D eigenvalue weighted by Gasteiger charge is 2.29. The van der Waals surface area contributed by atoms with Crippen LogP contribution in [-0.2, 0) is 16.4 Å². The molecule has 4 rings (SSSR count). The van der Waals surface area contributed by atoms with Gasteiger partial charge in [0.1, 0.15) is 5.82 Å². The molecule has 0 aliphatic carbocycles. The molecule has 1 aliphatic rings. The van der Waals surface area contributed by atoms with Gasteiger partial charge in [-0.15, -0.1) is 0 Å². The van der Waals surface area contributed by atoms with Crippen molar-refractivity contribution >= 4 is 33.1 Å². The lowest BCUT2D eigenvalue weighted by atomic mass is 10.0. The quantitative estimate of drug-likeness (QED) is 0.641. The van der Waals surface area contributed by atoms with Crippen LogP contribution in [0.5, 0.6) is 0 Å². The summed E-state index contributed by atoms with van der Waals surface area (Å²) in [5, 5.41) is 5.09. The van der Waals surface area contributed by atoms with Crippen molar-refractivity contribution < 1.29 is 17.6 Å². The number of aryl methyl sites for hydroxylation is 1. The SMILES string of the molecule is O=C(Nc1ccc2c(c1)N(S(=O)(=O)c1ccccc1)CCC2)Nc1ccccc1F. The Balaban J connectivity index is 1.60. The largest absolute Gasteiger partial charge is 0.323 e. The highest BCUT2D eigenvalue weighted by atomic mass is 32.2. The molecule has 0 fully saturated rings. The minimum absolute atomic E-state index is 0.0567. The number of nitrogens with one attached hydrogen (secondary N) is 2. The molecule has 1 heterocycles. The highest BCUT2D eigenvalue weighted by Crippen LogP contribution is 2.34. The molecule has 2 N–H and O–H groups in total. The Morgan fingerprint density at radius 3 is 2.43 bits per heavy atom. The van der Waals surface area contributed by atoms with Gasteiger partial charge in [-0.2, -0.15) is 0 Å². The lowest BCUT2D eigenvalue weighted by Gasteiger charge is -2.31. The third-order valence-electron chi connectivity index (χ3n) is 4.87. The fourth-order valence-electron chi connectivity index (χ4n) is 3.44. The number of amides is 2. The van der Waals surface area contributed by atoms with E-state index in [1.807, 2.05) is 0 Å². The van der Waals surface area contributed by atoms with Crippen molar-refractivity contribution in [2.75, 3.05) is 21.5 Å². The van der Waals surface area contributed by atoms with Gasteiger partial charge in [-0.05, 0) is 54.8 Å². The maximum atomic E-state index is 13.7. The minimum Gasteiger partial charge on any atom is -0.308 e. The highest BCUT2D eigenvalue weighted by molar-refractivity contribution is 7.92. The first-order valence-electron chi connectivity index (χ1n) is 9.48. The summed E-state index contributed by atoms with van der Waals surface area (Å²) < 4.78 is 41.4. The molecule has 0 unspecified atom stereocenters. The van der Waals surface area contributed by atoms with Gasteiger partial charge in [0.05, 0.1) is 16.3 Å². The van der Waals surface area contributed by atoms with Crippen molar-refractivity contribution in [3.8, 4) is 0 Å². The van der Waals surface area contributed by atoms with Gasteiger partial charge in [-0.3, -0.25) is 4.31 Å². The van der Waals surface area contributed by atoms with E-state index in [0.29, 0.717) is 24.3 Å².